The molecular weight excluding hydrogens is 356 g/mol. The average Bonchev–Trinajstić information content (AvgIpc) is 3.21. The van der Waals surface area contributed by atoms with Gasteiger partial charge in [-0.15, -0.1) is 10.2 Å². The number of rotatable bonds is 8. The van der Waals surface area contributed by atoms with Crippen molar-refractivity contribution in [2.45, 2.75) is 38.4 Å². The zero-order chi connectivity index (χ0) is 19.3. The van der Waals surface area contributed by atoms with Crippen LogP contribution in [0.2, 0.25) is 0 Å². The lowest BCUT2D eigenvalue weighted by Crippen LogP contribution is -2.46. The quantitative estimate of drug-likeness (QED) is 0.553. The first-order valence-electron chi connectivity index (χ1n) is 8.32. The van der Waals surface area contributed by atoms with Gasteiger partial charge in [0.25, 0.3) is 0 Å². The van der Waals surface area contributed by atoms with Crippen LogP contribution in [-0.2, 0) is 21.4 Å². The zero-order valence-corrected chi connectivity index (χ0v) is 16.4. The highest BCUT2D eigenvalue weighted by Crippen LogP contribution is 2.25. The lowest BCUT2D eigenvalue weighted by atomic mass is 9.99. The van der Waals surface area contributed by atoms with E-state index in [0.717, 1.165) is 17.7 Å². The van der Waals surface area contributed by atoms with E-state index >= 15 is 0 Å². The third-order valence-electron chi connectivity index (χ3n) is 4.25. The molecule has 0 unspecified atom stereocenters. The van der Waals surface area contributed by atoms with Gasteiger partial charge >= 0.3 is 5.97 Å². The second-order valence-corrected chi connectivity index (χ2v) is 6.94. The normalized spacial score (nSPS) is 13.3. The number of carbonyl (C=O) groups is 2. The number of aryl methyl sites for hydroxylation is 1. The van der Waals surface area contributed by atoms with Gasteiger partial charge < -0.3 is 19.0 Å². The number of thioether (sulfide) groups is 1. The van der Waals surface area contributed by atoms with Gasteiger partial charge in [-0.05, 0) is 18.9 Å². The minimum Gasteiger partial charge on any atom is -0.469 e. The number of hydrogen-bond acceptors (Lipinski definition) is 7. The van der Waals surface area contributed by atoms with Gasteiger partial charge in [0.2, 0.25) is 5.91 Å². The Morgan fingerprint density at radius 3 is 2.73 bits per heavy atom. The van der Waals surface area contributed by atoms with E-state index in [1.54, 1.807) is 6.26 Å². The number of nitrogens with zero attached hydrogens (tertiary/aromatic N) is 3. The van der Waals surface area contributed by atoms with Crippen LogP contribution in [0, 0.1) is 12.8 Å². The van der Waals surface area contributed by atoms with Gasteiger partial charge in [0, 0.05) is 7.05 Å². The molecule has 2 aromatic heterocycles. The van der Waals surface area contributed by atoms with Crippen LogP contribution in [0.25, 0.3) is 11.4 Å². The highest BCUT2D eigenvalue weighted by molar-refractivity contribution is 7.99. The standard InChI is InChI=1S/C17H24N4O4S/c1-6-10(2)14(16(23)24-5)18-13(22)9-26-17-20-19-15(21(17)4)12-7-8-25-11(12)3/h7-8,10,14H,6,9H2,1-5H3,(H,18,22)/t10-,14+/m1/s1. The van der Waals surface area contributed by atoms with Crippen molar-refractivity contribution in [2.24, 2.45) is 13.0 Å². The first-order chi connectivity index (χ1) is 12.4. The molecule has 0 aliphatic rings. The molecule has 142 valence electrons. The molecule has 2 heterocycles. The fraction of sp³-hybridized carbons (Fsp3) is 0.529. The Balaban J connectivity index is 2.00. The summed E-state index contributed by atoms with van der Waals surface area (Å²) >= 11 is 1.25. The SMILES string of the molecule is CC[C@@H](C)[C@H](NC(=O)CSc1nnc(-c2ccoc2C)n1C)C(=O)OC. The summed E-state index contributed by atoms with van der Waals surface area (Å²) < 4.78 is 11.9. The number of esters is 1. The number of hydrogen-bond donors (Lipinski definition) is 1. The molecule has 1 N–H and O–H groups in total. The van der Waals surface area contributed by atoms with E-state index in [0.29, 0.717) is 11.0 Å². The number of methoxy groups -OCH3 is 1. The second-order valence-electron chi connectivity index (χ2n) is 6.00. The minimum absolute atomic E-state index is 0.0121. The number of nitrogens with one attached hydrogen (secondary N) is 1. The van der Waals surface area contributed by atoms with Crippen LogP contribution in [0.3, 0.4) is 0 Å². The molecule has 0 bridgehead atoms. The van der Waals surface area contributed by atoms with Crippen LogP contribution in [-0.4, -0.2) is 45.5 Å². The summed E-state index contributed by atoms with van der Waals surface area (Å²) in [6.07, 6.45) is 2.35. The molecule has 0 aliphatic heterocycles. The minimum atomic E-state index is -0.651. The lowest BCUT2D eigenvalue weighted by molar-refractivity contribution is -0.146. The van der Waals surface area contributed by atoms with E-state index in [1.807, 2.05) is 38.5 Å². The van der Waals surface area contributed by atoms with E-state index in [4.69, 9.17) is 9.15 Å². The summed E-state index contributed by atoms with van der Waals surface area (Å²) in [5.41, 5.74) is 0.860. The van der Waals surface area contributed by atoms with Crippen LogP contribution < -0.4 is 5.32 Å². The van der Waals surface area contributed by atoms with Crippen molar-refractivity contribution in [3.63, 3.8) is 0 Å². The van der Waals surface area contributed by atoms with Gasteiger partial charge in [-0.25, -0.2) is 4.79 Å². The number of amides is 1. The van der Waals surface area contributed by atoms with Crippen molar-refractivity contribution >= 4 is 23.6 Å². The summed E-state index contributed by atoms with van der Waals surface area (Å²) in [7, 11) is 3.15. The Kier molecular flexibility index (Phi) is 6.84. The Bertz CT molecular complexity index is 771. The average molecular weight is 380 g/mol. The topological polar surface area (TPSA) is 99.3 Å². The lowest BCUT2D eigenvalue weighted by Gasteiger charge is -2.21. The van der Waals surface area contributed by atoms with Gasteiger partial charge in [0.1, 0.15) is 11.8 Å². The molecule has 0 saturated heterocycles. The molecule has 26 heavy (non-hydrogen) atoms. The Morgan fingerprint density at radius 1 is 1.42 bits per heavy atom. The number of carbonyl (C=O) groups excluding carboxylic acids is 2. The van der Waals surface area contributed by atoms with Gasteiger partial charge in [0.15, 0.2) is 11.0 Å². The van der Waals surface area contributed by atoms with E-state index < -0.39 is 12.0 Å². The molecule has 9 heteroatoms. The monoisotopic (exact) mass is 380 g/mol. The predicted octanol–water partition coefficient (Wildman–Crippen LogP) is 2.18. The van der Waals surface area contributed by atoms with E-state index in [1.165, 1.54) is 18.9 Å². The Labute approximate surface area is 156 Å². The molecule has 0 fully saturated rings. The molecule has 2 rings (SSSR count). The fourth-order valence-corrected chi connectivity index (χ4v) is 3.16. The van der Waals surface area contributed by atoms with Crippen LogP contribution in [0.4, 0.5) is 0 Å². The first kappa shape index (κ1) is 20.0. The van der Waals surface area contributed by atoms with Crippen molar-refractivity contribution in [3.8, 4) is 11.4 Å². The third kappa shape index (κ3) is 4.46. The predicted molar refractivity (Wildman–Crippen MR) is 97.6 cm³/mol. The zero-order valence-electron chi connectivity index (χ0n) is 15.6. The Hall–Kier alpha value is -2.29. The number of ether oxygens (including phenoxy) is 1. The van der Waals surface area contributed by atoms with Gasteiger partial charge in [0.05, 0.1) is 24.7 Å². The van der Waals surface area contributed by atoms with E-state index in [-0.39, 0.29) is 17.6 Å². The van der Waals surface area contributed by atoms with Crippen LogP contribution in [0.5, 0.6) is 0 Å². The maximum absolute atomic E-state index is 12.3. The van der Waals surface area contributed by atoms with E-state index in [9.17, 15) is 9.59 Å². The van der Waals surface area contributed by atoms with Gasteiger partial charge in [-0.3, -0.25) is 4.79 Å². The Morgan fingerprint density at radius 2 is 2.15 bits per heavy atom. The molecule has 0 aromatic carbocycles. The van der Waals surface area contributed by atoms with E-state index in [2.05, 4.69) is 15.5 Å². The molecule has 0 aliphatic carbocycles. The van der Waals surface area contributed by atoms with Crippen molar-refractivity contribution in [3.05, 3.63) is 18.1 Å². The molecule has 8 nitrogen and oxygen atoms in total. The van der Waals surface area contributed by atoms with Crippen molar-refractivity contribution in [1.29, 1.82) is 0 Å². The highest BCUT2D eigenvalue weighted by atomic mass is 32.2. The molecule has 2 aromatic rings. The van der Waals surface area contributed by atoms with Crippen LogP contribution >= 0.6 is 11.8 Å². The largest absolute Gasteiger partial charge is 0.469 e. The summed E-state index contributed by atoms with van der Waals surface area (Å²) in [6.45, 7) is 5.71. The summed E-state index contributed by atoms with van der Waals surface area (Å²) in [5.74, 6) is 0.849. The van der Waals surface area contributed by atoms with Crippen LogP contribution in [0.15, 0.2) is 21.9 Å². The van der Waals surface area contributed by atoms with Crippen molar-refractivity contribution in [1.82, 2.24) is 20.1 Å². The molecule has 0 spiro atoms. The number of furan rings is 1. The van der Waals surface area contributed by atoms with Crippen molar-refractivity contribution in [2.75, 3.05) is 12.9 Å². The molecule has 1 amide bonds. The summed E-state index contributed by atoms with van der Waals surface area (Å²) in [6, 6.07) is 1.18. The fourth-order valence-electron chi connectivity index (χ4n) is 2.43. The van der Waals surface area contributed by atoms with Gasteiger partial charge in [-0.1, -0.05) is 32.0 Å². The maximum atomic E-state index is 12.3. The third-order valence-corrected chi connectivity index (χ3v) is 5.27. The molecule has 0 radical (unpaired) electrons. The number of aromatic nitrogens is 3. The summed E-state index contributed by atoms with van der Waals surface area (Å²) in [5, 5.41) is 11.6. The summed E-state index contributed by atoms with van der Waals surface area (Å²) in [4.78, 5) is 24.1. The maximum Gasteiger partial charge on any atom is 0.328 e. The smallest absolute Gasteiger partial charge is 0.328 e. The molecule has 0 saturated carbocycles. The molecular formula is C17H24N4O4S. The highest BCUT2D eigenvalue weighted by Gasteiger charge is 2.26. The van der Waals surface area contributed by atoms with Crippen LogP contribution in [0.1, 0.15) is 26.0 Å². The van der Waals surface area contributed by atoms with Crippen molar-refractivity contribution < 1.29 is 18.7 Å². The van der Waals surface area contributed by atoms with Gasteiger partial charge in [-0.2, -0.15) is 0 Å². The first-order valence-corrected chi connectivity index (χ1v) is 9.31. The second kappa shape index (κ2) is 8.88. The molecule has 2 atom stereocenters.